The molecular weight excluding hydrogens is 174 g/mol. The molecule has 0 radical (unpaired) electrons. The highest BCUT2D eigenvalue weighted by atomic mass is 15.1. The second-order valence-corrected chi connectivity index (χ2v) is 3.45. The molecule has 3 heteroatoms. The molecule has 0 atom stereocenters. The summed E-state index contributed by atoms with van der Waals surface area (Å²) in [5, 5.41) is 15.7. The third-order valence-electron chi connectivity index (χ3n) is 2.46. The molecule has 0 amide bonds. The summed E-state index contributed by atoms with van der Waals surface area (Å²) in [4.78, 5) is 0. The van der Waals surface area contributed by atoms with Crippen molar-refractivity contribution in [2.75, 3.05) is 0 Å². The average Bonchev–Trinajstić information content (AvgIpc) is 2.63. The zero-order chi connectivity index (χ0) is 10.1. The van der Waals surface area contributed by atoms with Gasteiger partial charge in [-0.15, -0.1) is 0 Å². The van der Waals surface area contributed by atoms with Crippen LogP contribution in [0.5, 0.6) is 0 Å². The highest BCUT2D eigenvalue weighted by molar-refractivity contribution is 6.00. The zero-order valence-corrected chi connectivity index (χ0v) is 8.39. The number of H-pyrrole nitrogens is 1. The molecule has 0 saturated heterocycles. The van der Waals surface area contributed by atoms with Crippen molar-refractivity contribution < 1.29 is 0 Å². The van der Waals surface area contributed by atoms with Crippen LogP contribution < -0.4 is 0 Å². The monoisotopic (exact) mass is 187 g/mol. The Morgan fingerprint density at radius 1 is 1.50 bits per heavy atom. The van der Waals surface area contributed by atoms with Crippen LogP contribution in [-0.4, -0.2) is 15.9 Å². The number of aromatic nitrogens is 2. The summed E-state index contributed by atoms with van der Waals surface area (Å²) in [5.74, 6) is 0. The van der Waals surface area contributed by atoms with Gasteiger partial charge in [0.15, 0.2) is 0 Å². The second kappa shape index (κ2) is 3.25. The van der Waals surface area contributed by atoms with Gasteiger partial charge in [0.2, 0.25) is 0 Å². The number of nitrogens with one attached hydrogen (secondary N) is 2. The quantitative estimate of drug-likeness (QED) is 0.697. The van der Waals surface area contributed by atoms with Crippen LogP contribution in [0.3, 0.4) is 0 Å². The van der Waals surface area contributed by atoms with Crippen LogP contribution in [0.4, 0.5) is 0 Å². The summed E-state index contributed by atoms with van der Waals surface area (Å²) in [6.07, 6.45) is 2.81. The molecule has 3 nitrogen and oxygen atoms in total. The summed E-state index contributed by atoms with van der Waals surface area (Å²) in [7, 11) is 0. The number of aromatic amines is 1. The molecule has 0 unspecified atom stereocenters. The topological polar surface area (TPSA) is 52.5 Å². The van der Waals surface area contributed by atoms with Gasteiger partial charge < -0.3 is 5.41 Å². The Balaban J connectivity index is 2.73. The minimum Gasteiger partial charge on any atom is -0.305 e. The lowest BCUT2D eigenvalue weighted by atomic mass is 10.0. The molecule has 0 bridgehead atoms. The number of aryl methyl sites for hydroxylation is 1. The van der Waals surface area contributed by atoms with Crippen LogP contribution in [0.1, 0.15) is 25.0 Å². The van der Waals surface area contributed by atoms with Crippen LogP contribution in [0.15, 0.2) is 18.3 Å². The van der Waals surface area contributed by atoms with E-state index in [9.17, 15) is 0 Å². The molecule has 0 aliphatic rings. The predicted octanol–water partition coefficient (Wildman–Crippen LogP) is 2.51. The van der Waals surface area contributed by atoms with E-state index >= 15 is 0 Å². The van der Waals surface area contributed by atoms with E-state index in [2.05, 4.69) is 23.2 Å². The largest absolute Gasteiger partial charge is 0.305 e. The Hall–Kier alpha value is -1.64. The molecule has 2 aromatic rings. The lowest BCUT2D eigenvalue weighted by Crippen LogP contribution is -1.94. The molecule has 72 valence electrons. The van der Waals surface area contributed by atoms with E-state index in [1.54, 1.807) is 6.92 Å². The molecule has 0 fully saturated rings. The molecule has 0 aliphatic carbocycles. The van der Waals surface area contributed by atoms with Gasteiger partial charge in [-0.25, -0.2) is 0 Å². The zero-order valence-electron chi connectivity index (χ0n) is 8.39. The fourth-order valence-corrected chi connectivity index (χ4v) is 1.63. The molecule has 2 N–H and O–H groups in total. The number of fused-ring (bicyclic) bond motifs is 1. The highest BCUT2D eigenvalue weighted by Crippen LogP contribution is 2.19. The molecule has 1 aromatic heterocycles. The van der Waals surface area contributed by atoms with Gasteiger partial charge in [0.05, 0.1) is 11.7 Å². The van der Waals surface area contributed by atoms with Crippen LogP contribution in [0.2, 0.25) is 0 Å². The SMILES string of the molecule is CCc1cc(C(C)=N)cc2[nH]ncc12. The Bertz CT molecular complexity index is 482. The van der Waals surface area contributed by atoms with E-state index in [0.717, 1.165) is 22.9 Å². The number of rotatable bonds is 2. The molecule has 0 spiro atoms. The van der Waals surface area contributed by atoms with Crippen LogP contribution in [0.25, 0.3) is 10.9 Å². The third-order valence-corrected chi connectivity index (χ3v) is 2.46. The molecule has 0 saturated carbocycles. The lowest BCUT2D eigenvalue weighted by molar-refractivity contribution is 1.12. The van der Waals surface area contributed by atoms with Gasteiger partial charge in [0, 0.05) is 11.1 Å². The summed E-state index contributed by atoms with van der Waals surface area (Å²) < 4.78 is 0. The summed E-state index contributed by atoms with van der Waals surface area (Å²) in [5.41, 5.74) is 3.83. The molecule has 1 heterocycles. The molecule has 0 aliphatic heterocycles. The van der Waals surface area contributed by atoms with Crippen molar-refractivity contribution in [3.8, 4) is 0 Å². The van der Waals surface area contributed by atoms with Crippen molar-refractivity contribution in [3.63, 3.8) is 0 Å². The maximum absolute atomic E-state index is 7.60. The Morgan fingerprint density at radius 3 is 2.93 bits per heavy atom. The first-order valence-corrected chi connectivity index (χ1v) is 4.74. The predicted molar refractivity (Wildman–Crippen MR) is 58.0 cm³/mol. The Morgan fingerprint density at radius 2 is 2.29 bits per heavy atom. The van der Waals surface area contributed by atoms with Gasteiger partial charge in [-0.1, -0.05) is 6.92 Å². The summed E-state index contributed by atoms with van der Waals surface area (Å²) in [6, 6.07) is 4.05. The maximum Gasteiger partial charge on any atom is 0.0659 e. The standard InChI is InChI=1S/C11H13N3/c1-3-8-4-9(7(2)12)5-11-10(8)6-13-14-11/h4-6,12H,3H2,1-2H3,(H,13,14). The summed E-state index contributed by atoms with van der Waals surface area (Å²) >= 11 is 0. The minimum atomic E-state index is 0.594. The van der Waals surface area contributed by atoms with Crippen LogP contribution in [-0.2, 0) is 6.42 Å². The van der Waals surface area contributed by atoms with Gasteiger partial charge in [-0.05, 0) is 36.6 Å². The fraction of sp³-hybridized carbons (Fsp3) is 0.273. The van der Waals surface area contributed by atoms with Crippen molar-refractivity contribution in [2.45, 2.75) is 20.3 Å². The van der Waals surface area contributed by atoms with Crippen LogP contribution >= 0.6 is 0 Å². The Kier molecular flexibility index (Phi) is 2.08. The highest BCUT2D eigenvalue weighted by Gasteiger charge is 2.05. The number of hydrogen-bond donors (Lipinski definition) is 2. The van der Waals surface area contributed by atoms with Gasteiger partial charge in [0.1, 0.15) is 0 Å². The fourth-order valence-electron chi connectivity index (χ4n) is 1.63. The second-order valence-electron chi connectivity index (χ2n) is 3.45. The smallest absolute Gasteiger partial charge is 0.0659 e. The van der Waals surface area contributed by atoms with E-state index in [4.69, 9.17) is 5.41 Å². The van der Waals surface area contributed by atoms with Crippen molar-refractivity contribution in [1.29, 1.82) is 5.41 Å². The molecular formula is C11H13N3. The number of nitrogens with zero attached hydrogens (tertiary/aromatic N) is 1. The molecule has 1 aromatic carbocycles. The molecule has 2 rings (SSSR count). The third kappa shape index (κ3) is 1.31. The molecule has 14 heavy (non-hydrogen) atoms. The van der Waals surface area contributed by atoms with E-state index in [1.165, 1.54) is 5.56 Å². The Labute approximate surface area is 82.7 Å². The van der Waals surface area contributed by atoms with Crippen molar-refractivity contribution in [3.05, 3.63) is 29.5 Å². The van der Waals surface area contributed by atoms with Crippen molar-refractivity contribution in [1.82, 2.24) is 10.2 Å². The van der Waals surface area contributed by atoms with E-state index in [-0.39, 0.29) is 0 Å². The van der Waals surface area contributed by atoms with E-state index < -0.39 is 0 Å². The minimum absolute atomic E-state index is 0.594. The van der Waals surface area contributed by atoms with Gasteiger partial charge in [-0.2, -0.15) is 5.10 Å². The maximum atomic E-state index is 7.60. The van der Waals surface area contributed by atoms with Crippen molar-refractivity contribution in [2.24, 2.45) is 0 Å². The van der Waals surface area contributed by atoms with Gasteiger partial charge >= 0.3 is 0 Å². The average molecular weight is 187 g/mol. The van der Waals surface area contributed by atoms with Gasteiger partial charge in [0.25, 0.3) is 0 Å². The van der Waals surface area contributed by atoms with E-state index in [1.807, 2.05) is 12.3 Å². The number of benzene rings is 1. The first-order valence-electron chi connectivity index (χ1n) is 4.74. The first-order chi connectivity index (χ1) is 6.72. The summed E-state index contributed by atoms with van der Waals surface area (Å²) in [6.45, 7) is 3.92. The normalized spacial score (nSPS) is 10.7. The first kappa shape index (κ1) is 8.94. The lowest BCUT2D eigenvalue weighted by Gasteiger charge is -2.03. The van der Waals surface area contributed by atoms with Crippen molar-refractivity contribution >= 4 is 16.6 Å². The number of hydrogen-bond acceptors (Lipinski definition) is 2. The van der Waals surface area contributed by atoms with Crippen LogP contribution in [0, 0.1) is 5.41 Å². The van der Waals surface area contributed by atoms with E-state index in [0.29, 0.717) is 5.71 Å². The van der Waals surface area contributed by atoms with Gasteiger partial charge in [-0.3, -0.25) is 5.10 Å².